The minimum absolute atomic E-state index is 0. The number of methoxy groups -OCH3 is 1. The fourth-order valence-corrected chi connectivity index (χ4v) is 4.89. The van der Waals surface area contributed by atoms with Gasteiger partial charge in [-0.05, 0) is 48.2 Å². The fourth-order valence-electron chi connectivity index (χ4n) is 3.66. The molecule has 0 aliphatic heterocycles. The van der Waals surface area contributed by atoms with Crippen molar-refractivity contribution in [1.82, 2.24) is 0 Å². The number of anilines is 1. The first-order valence-corrected chi connectivity index (χ1v) is 12.8. The number of nitrogens with zero attached hydrogens (tertiary/aromatic N) is 2. The molecule has 0 bridgehead atoms. The van der Waals surface area contributed by atoms with E-state index in [0.717, 1.165) is 6.07 Å². The summed E-state index contributed by atoms with van der Waals surface area (Å²) in [5, 5.41) is 25.4. The number of aryl methyl sites for hydroxylation is 1. The van der Waals surface area contributed by atoms with E-state index in [1.807, 2.05) is 0 Å². The number of benzene rings is 4. The van der Waals surface area contributed by atoms with Crippen molar-refractivity contribution in [2.45, 2.75) is 11.8 Å². The Bertz CT molecular complexity index is 1700. The summed E-state index contributed by atoms with van der Waals surface area (Å²) >= 11 is 11.9. The van der Waals surface area contributed by atoms with Crippen molar-refractivity contribution in [3.05, 3.63) is 81.8 Å². The number of hydrogen-bond donors (Lipinski definition) is 2. The molecule has 190 valence electrons. The van der Waals surface area contributed by atoms with Gasteiger partial charge in [0.2, 0.25) is 0 Å². The van der Waals surface area contributed by atoms with Crippen LogP contribution in [0.5, 0.6) is 11.5 Å². The molecule has 0 aliphatic rings. The van der Waals surface area contributed by atoms with E-state index in [1.54, 1.807) is 30.3 Å². The zero-order valence-electron chi connectivity index (χ0n) is 20.3. The molecular weight excluding hydrogens is 564 g/mol. The number of amides is 1. The van der Waals surface area contributed by atoms with Crippen LogP contribution in [0.25, 0.3) is 10.8 Å². The number of nitrogens with one attached hydrogen (secondary N) is 1. The van der Waals surface area contributed by atoms with Crippen molar-refractivity contribution in [2.24, 2.45) is 10.2 Å². The Morgan fingerprint density at radius 1 is 1.00 bits per heavy atom. The summed E-state index contributed by atoms with van der Waals surface area (Å²) in [6.07, 6.45) is 0. The van der Waals surface area contributed by atoms with Gasteiger partial charge in [0, 0.05) is 27.1 Å². The molecule has 0 heterocycles. The summed E-state index contributed by atoms with van der Waals surface area (Å²) < 4.78 is 38.7. The molecule has 0 saturated carbocycles. The third-order valence-corrected chi connectivity index (χ3v) is 6.71. The number of fused-ring (bicyclic) bond motifs is 1. The summed E-state index contributed by atoms with van der Waals surface area (Å²) in [5.41, 5.74) is -0.0304. The number of rotatable bonds is 6. The SMILES string of the molecule is COc1cc(Cl)ccc1NC(=O)c1cc2ccccc2c(N=Nc2c(C)cc(Cl)cc2S(=O)(=O)O)c1[O-].[Na+]. The van der Waals surface area contributed by atoms with Crippen LogP contribution in [0.1, 0.15) is 15.9 Å². The first kappa shape index (κ1) is 29.9. The molecule has 0 unspecified atom stereocenters. The number of carbonyl (C=O) groups is 1. The van der Waals surface area contributed by atoms with Crippen molar-refractivity contribution in [3.63, 3.8) is 0 Å². The van der Waals surface area contributed by atoms with Gasteiger partial charge in [-0.3, -0.25) is 9.35 Å². The second-order valence-electron chi connectivity index (χ2n) is 7.87. The average molecular weight is 582 g/mol. The number of ether oxygens (including phenoxy) is 1. The maximum absolute atomic E-state index is 13.4. The van der Waals surface area contributed by atoms with E-state index < -0.39 is 26.7 Å². The van der Waals surface area contributed by atoms with Crippen LogP contribution in [0.15, 0.2) is 75.8 Å². The number of hydrogen-bond acceptors (Lipinski definition) is 7. The fraction of sp³-hybridized carbons (Fsp3) is 0.0800. The second kappa shape index (κ2) is 12.0. The van der Waals surface area contributed by atoms with Gasteiger partial charge in [-0.2, -0.15) is 13.5 Å². The van der Waals surface area contributed by atoms with Gasteiger partial charge in [-0.25, -0.2) is 0 Å². The van der Waals surface area contributed by atoms with Gasteiger partial charge >= 0.3 is 29.6 Å². The largest absolute Gasteiger partial charge is 1.00 e. The third kappa shape index (κ3) is 6.29. The van der Waals surface area contributed by atoms with Crippen molar-refractivity contribution >= 4 is 67.1 Å². The van der Waals surface area contributed by atoms with Gasteiger partial charge in [0.1, 0.15) is 16.3 Å². The molecule has 38 heavy (non-hydrogen) atoms. The molecule has 1 amide bonds. The van der Waals surface area contributed by atoms with Crippen LogP contribution in [0, 0.1) is 6.92 Å². The topological polar surface area (TPSA) is 140 Å². The molecule has 0 aliphatic carbocycles. The summed E-state index contributed by atoms with van der Waals surface area (Å²) in [5.74, 6) is -1.17. The van der Waals surface area contributed by atoms with Crippen LogP contribution in [-0.2, 0) is 10.1 Å². The van der Waals surface area contributed by atoms with Crippen molar-refractivity contribution in [2.75, 3.05) is 12.4 Å². The standard InChI is InChI=1S/C25H19Cl2N3O6S.Na/c1-13-9-16(27)12-21(37(33,34)35)22(13)29-30-23-17-6-4-3-5-14(17)10-18(24(23)31)25(32)28-19-8-7-15(26)11-20(19)36-2;/h3-12,31H,1-2H3,(H,28,32)(H,33,34,35);/q;+1/p-1. The predicted octanol–water partition coefficient (Wildman–Crippen LogP) is 3.46. The van der Waals surface area contributed by atoms with E-state index in [9.17, 15) is 22.9 Å². The smallest absolute Gasteiger partial charge is 0.870 e. The average Bonchev–Trinajstić information content (AvgIpc) is 2.84. The molecule has 0 atom stereocenters. The molecule has 4 aromatic rings. The maximum atomic E-state index is 13.4. The minimum Gasteiger partial charge on any atom is -0.870 e. The van der Waals surface area contributed by atoms with Crippen LogP contribution in [-0.4, -0.2) is 26.0 Å². The molecule has 0 aromatic heterocycles. The molecule has 4 aromatic carbocycles. The molecule has 0 saturated heterocycles. The molecule has 13 heteroatoms. The van der Waals surface area contributed by atoms with Gasteiger partial charge in [0.15, 0.2) is 0 Å². The quantitative estimate of drug-likeness (QED) is 0.203. The minimum atomic E-state index is -4.70. The van der Waals surface area contributed by atoms with E-state index in [1.165, 1.54) is 38.3 Å². The normalized spacial score (nSPS) is 11.4. The van der Waals surface area contributed by atoms with Crippen molar-refractivity contribution < 1.29 is 57.2 Å². The first-order valence-electron chi connectivity index (χ1n) is 10.6. The third-order valence-electron chi connectivity index (χ3n) is 5.39. The molecule has 4 rings (SSSR count). The predicted molar refractivity (Wildman–Crippen MR) is 140 cm³/mol. The number of azo groups is 1. The molecule has 0 fully saturated rings. The van der Waals surface area contributed by atoms with E-state index in [2.05, 4.69) is 15.5 Å². The van der Waals surface area contributed by atoms with Gasteiger partial charge in [0.05, 0.1) is 18.5 Å². The summed E-state index contributed by atoms with van der Waals surface area (Å²) in [4.78, 5) is 12.6. The Kier molecular flexibility index (Phi) is 9.43. The second-order valence-corrected chi connectivity index (χ2v) is 10.1. The van der Waals surface area contributed by atoms with Gasteiger partial charge in [-0.1, -0.05) is 53.2 Å². The molecule has 0 spiro atoms. The van der Waals surface area contributed by atoms with Crippen molar-refractivity contribution in [3.8, 4) is 11.5 Å². The Hall–Kier alpha value is -2.70. The van der Waals surface area contributed by atoms with Crippen LogP contribution in [0.2, 0.25) is 10.0 Å². The molecular formula is C25H18Cl2N3NaO6S. The van der Waals surface area contributed by atoms with Gasteiger partial charge in [0.25, 0.3) is 16.0 Å². The zero-order valence-corrected chi connectivity index (χ0v) is 24.6. The van der Waals surface area contributed by atoms with Crippen LogP contribution in [0.4, 0.5) is 17.1 Å². The maximum Gasteiger partial charge on any atom is 1.00 e. The monoisotopic (exact) mass is 581 g/mol. The number of halogens is 2. The Labute approximate surface area is 250 Å². The summed E-state index contributed by atoms with van der Waals surface area (Å²) in [6.45, 7) is 1.52. The Morgan fingerprint density at radius 2 is 1.68 bits per heavy atom. The molecule has 2 N–H and O–H groups in total. The van der Waals surface area contributed by atoms with E-state index in [0.29, 0.717) is 32.8 Å². The molecule has 9 nitrogen and oxygen atoms in total. The van der Waals surface area contributed by atoms with Crippen LogP contribution >= 0.6 is 23.2 Å². The van der Waals surface area contributed by atoms with Crippen LogP contribution in [0.3, 0.4) is 0 Å². The Morgan fingerprint density at radius 3 is 2.37 bits per heavy atom. The van der Waals surface area contributed by atoms with E-state index in [-0.39, 0.29) is 51.5 Å². The number of carbonyl (C=O) groups excluding carboxylic acids is 1. The Balaban J connectivity index is 0.00000400. The first-order chi connectivity index (χ1) is 17.5. The van der Waals surface area contributed by atoms with E-state index in [4.69, 9.17) is 27.9 Å². The van der Waals surface area contributed by atoms with Crippen molar-refractivity contribution in [1.29, 1.82) is 0 Å². The van der Waals surface area contributed by atoms with Gasteiger partial charge < -0.3 is 15.2 Å². The summed E-state index contributed by atoms with van der Waals surface area (Å²) in [6, 6.07) is 15.2. The van der Waals surface area contributed by atoms with Crippen LogP contribution < -0.4 is 44.7 Å². The molecule has 0 radical (unpaired) electrons. The zero-order chi connectivity index (χ0) is 26.9. The summed E-state index contributed by atoms with van der Waals surface area (Å²) in [7, 11) is -3.29. The van der Waals surface area contributed by atoms with Gasteiger partial charge in [-0.15, -0.1) is 5.11 Å². The van der Waals surface area contributed by atoms with E-state index >= 15 is 0 Å².